The van der Waals surface area contributed by atoms with Crippen molar-refractivity contribution in [1.29, 1.82) is 0 Å². The number of benzene rings is 3. The van der Waals surface area contributed by atoms with E-state index in [1.807, 2.05) is 67.6 Å². The van der Waals surface area contributed by atoms with Gasteiger partial charge in [0.1, 0.15) is 5.92 Å². The van der Waals surface area contributed by atoms with Gasteiger partial charge in [-0.2, -0.15) is 0 Å². The van der Waals surface area contributed by atoms with Crippen molar-refractivity contribution in [3.8, 4) is 0 Å². The van der Waals surface area contributed by atoms with E-state index in [0.29, 0.717) is 17.7 Å². The zero-order chi connectivity index (χ0) is 22.1. The molecule has 0 aliphatic carbocycles. The maximum Gasteiger partial charge on any atom is 0.318 e. The molecule has 0 fully saturated rings. The van der Waals surface area contributed by atoms with Crippen molar-refractivity contribution in [3.05, 3.63) is 102 Å². The molecular weight excluding hydrogens is 390 g/mol. The number of hydrogen-bond acceptors (Lipinski definition) is 4. The monoisotopic (exact) mass is 415 g/mol. The molecule has 0 bridgehead atoms. The second-order valence-corrected chi connectivity index (χ2v) is 7.16. The molecule has 0 aromatic heterocycles. The van der Waals surface area contributed by atoms with Crippen LogP contribution < -0.4 is 5.32 Å². The molecule has 1 amide bonds. The van der Waals surface area contributed by atoms with Crippen LogP contribution in [0.5, 0.6) is 0 Å². The maximum absolute atomic E-state index is 12.9. The Morgan fingerprint density at radius 3 is 1.87 bits per heavy atom. The van der Waals surface area contributed by atoms with Gasteiger partial charge in [-0.1, -0.05) is 67.6 Å². The van der Waals surface area contributed by atoms with E-state index in [4.69, 9.17) is 4.74 Å². The van der Waals surface area contributed by atoms with Gasteiger partial charge in [-0.05, 0) is 41.8 Å². The molecule has 0 unspecified atom stereocenters. The van der Waals surface area contributed by atoms with E-state index in [2.05, 4.69) is 5.32 Å². The SMILES string of the molecule is CCCC(=O)Nc1ccc(C(=O)COC(=O)C(c2ccccc2)c2ccccc2)cc1. The van der Waals surface area contributed by atoms with Crippen molar-refractivity contribution < 1.29 is 19.1 Å². The molecule has 5 heteroatoms. The third kappa shape index (κ3) is 6.12. The quantitative estimate of drug-likeness (QED) is 0.395. The van der Waals surface area contributed by atoms with Crippen LogP contribution in [0.1, 0.15) is 47.2 Å². The molecule has 0 aliphatic rings. The minimum atomic E-state index is -0.605. The molecule has 0 atom stereocenters. The highest BCUT2D eigenvalue weighted by atomic mass is 16.5. The van der Waals surface area contributed by atoms with Gasteiger partial charge in [0.05, 0.1) is 0 Å². The predicted octanol–water partition coefficient (Wildman–Crippen LogP) is 4.98. The summed E-state index contributed by atoms with van der Waals surface area (Å²) < 4.78 is 5.40. The predicted molar refractivity (Wildman–Crippen MR) is 120 cm³/mol. The molecule has 3 rings (SSSR count). The Morgan fingerprint density at radius 2 is 1.35 bits per heavy atom. The van der Waals surface area contributed by atoms with Gasteiger partial charge in [-0.3, -0.25) is 14.4 Å². The lowest BCUT2D eigenvalue weighted by Gasteiger charge is -2.17. The van der Waals surface area contributed by atoms with Crippen LogP contribution >= 0.6 is 0 Å². The number of rotatable bonds is 9. The fourth-order valence-electron chi connectivity index (χ4n) is 3.25. The lowest BCUT2D eigenvalue weighted by Crippen LogP contribution is -2.21. The fraction of sp³-hybridized carbons (Fsp3) is 0.192. The van der Waals surface area contributed by atoms with Crippen molar-refractivity contribution in [2.75, 3.05) is 11.9 Å². The number of ether oxygens (including phenoxy) is 1. The maximum atomic E-state index is 12.9. The Morgan fingerprint density at radius 1 is 0.806 bits per heavy atom. The Hall–Kier alpha value is -3.73. The van der Waals surface area contributed by atoms with Gasteiger partial charge in [-0.15, -0.1) is 0 Å². The molecule has 0 saturated heterocycles. The third-order valence-electron chi connectivity index (χ3n) is 4.81. The van der Waals surface area contributed by atoms with Crippen LogP contribution in [0, 0.1) is 0 Å². The molecule has 3 aromatic carbocycles. The number of carbonyl (C=O) groups excluding carboxylic acids is 3. The van der Waals surface area contributed by atoms with E-state index in [1.54, 1.807) is 24.3 Å². The summed E-state index contributed by atoms with van der Waals surface area (Å²) in [6.07, 6.45) is 1.21. The number of ketones is 1. The highest BCUT2D eigenvalue weighted by molar-refractivity contribution is 5.99. The lowest BCUT2D eigenvalue weighted by molar-refractivity contribution is -0.143. The summed E-state index contributed by atoms with van der Waals surface area (Å²) in [6.45, 7) is 1.58. The van der Waals surface area contributed by atoms with E-state index in [-0.39, 0.29) is 18.3 Å². The van der Waals surface area contributed by atoms with Gasteiger partial charge in [0.25, 0.3) is 0 Å². The molecule has 158 valence electrons. The normalized spacial score (nSPS) is 10.5. The van der Waals surface area contributed by atoms with Gasteiger partial charge in [0.2, 0.25) is 5.91 Å². The van der Waals surface area contributed by atoms with Gasteiger partial charge in [0, 0.05) is 17.7 Å². The van der Waals surface area contributed by atoms with Crippen LogP contribution in [0.3, 0.4) is 0 Å². The van der Waals surface area contributed by atoms with Gasteiger partial charge in [0.15, 0.2) is 12.4 Å². The number of esters is 1. The first kappa shape index (κ1) is 22.0. The van der Waals surface area contributed by atoms with Crippen molar-refractivity contribution in [3.63, 3.8) is 0 Å². The van der Waals surface area contributed by atoms with E-state index in [0.717, 1.165) is 17.5 Å². The minimum Gasteiger partial charge on any atom is -0.457 e. The Labute approximate surface area is 182 Å². The van der Waals surface area contributed by atoms with Crippen molar-refractivity contribution in [2.24, 2.45) is 0 Å². The summed E-state index contributed by atoms with van der Waals surface area (Å²) in [5.41, 5.74) is 2.65. The molecule has 5 nitrogen and oxygen atoms in total. The van der Waals surface area contributed by atoms with Crippen molar-refractivity contribution in [1.82, 2.24) is 0 Å². The van der Waals surface area contributed by atoms with Gasteiger partial charge in [-0.25, -0.2) is 0 Å². The largest absolute Gasteiger partial charge is 0.457 e. The van der Waals surface area contributed by atoms with Gasteiger partial charge >= 0.3 is 5.97 Å². The average Bonchev–Trinajstić information content (AvgIpc) is 2.80. The standard InChI is InChI=1S/C26H25NO4/c1-2-9-24(29)27-22-16-14-19(15-17-22)23(28)18-31-26(30)25(20-10-5-3-6-11-20)21-12-7-4-8-13-21/h3-8,10-17,25H,2,9,18H2,1H3,(H,27,29). The van der Waals surface area contributed by atoms with Crippen LogP contribution in [-0.2, 0) is 14.3 Å². The van der Waals surface area contributed by atoms with Crippen LogP contribution in [0.15, 0.2) is 84.9 Å². The van der Waals surface area contributed by atoms with Crippen LogP contribution in [0.2, 0.25) is 0 Å². The number of hydrogen-bond donors (Lipinski definition) is 1. The number of anilines is 1. The highest BCUT2D eigenvalue weighted by Gasteiger charge is 2.25. The average molecular weight is 415 g/mol. The number of nitrogens with one attached hydrogen (secondary N) is 1. The zero-order valence-electron chi connectivity index (χ0n) is 17.4. The van der Waals surface area contributed by atoms with Gasteiger partial charge < -0.3 is 10.1 Å². The first-order valence-electron chi connectivity index (χ1n) is 10.3. The fourth-order valence-corrected chi connectivity index (χ4v) is 3.25. The first-order chi connectivity index (χ1) is 15.1. The highest BCUT2D eigenvalue weighted by Crippen LogP contribution is 2.26. The summed E-state index contributed by atoms with van der Waals surface area (Å²) in [4.78, 5) is 37.1. The molecule has 0 aliphatic heterocycles. The lowest BCUT2D eigenvalue weighted by atomic mass is 9.91. The number of Topliss-reactive ketones (excluding diaryl/α,β-unsaturated/α-hetero) is 1. The summed E-state index contributed by atoms with van der Waals surface area (Å²) in [5, 5.41) is 2.77. The molecule has 31 heavy (non-hydrogen) atoms. The second-order valence-electron chi connectivity index (χ2n) is 7.16. The summed E-state index contributed by atoms with van der Waals surface area (Å²) in [7, 11) is 0. The Balaban J connectivity index is 1.65. The molecule has 0 radical (unpaired) electrons. The molecule has 3 aromatic rings. The molecule has 0 heterocycles. The molecular formula is C26H25NO4. The summed E-state index contributed by atoms with van der Waals surface area (Å²) in [6, 6.07) is 25.3. The van der Waals surface area contributed by atoms with E-state index in [9.17, 15) is 14.4 Å². The minimum absolute atomic E-state index is 0.0663. The van der Waals surface area contributed by atoms with Crippen LogP contribution in [-0.4, -0.2) is 24.3 Å². The smallest absolute Gasteiger partial charge is 0.318 e. The van der Waals surface area contributed by atoms with Crippen LogP contribution in [0.25, 0.3) is 0 Å². The topological polar surface area (TPSA) is 72.5 Å². The number of carbonyl (C=O) groups is 3. The van der Waals surface area contributed by atoms with Crippen molar-refractivity contribution in [2.45, 2.75) is 25.7 Å². The number of amides is 1. The second kappa shape index (κ2) is 10.9. The molecule has 0 spiro atoms. The van der Waals surface area contributed by atoms with Crippen molar-refractivity contribution >= 4 is 23.3 Å². The Kier molecular flexibility index (Phi) is 7.71. The summed E-state index contributed by atoms with van der Waals surface area (Å²) >= 11 is 0. The van der Waals surface area contributed by atoms with E-state index >= 15 is 0 Å². The molecule has 0 saturated carbocycles. The van der Waals surface area contributed by atoms with E-state index < -0.39 is 11.9 Å². The molecule has 1 N–H and O–H groups in total. The van der Waals surface area contributed by atoms with Crippen LogP contribution in [0.4, 0.5) is 5.69 Å². The summed E-state index contributed by atoms with van der Waals surface area (Å²) in [5.74, 6) is -1.46. The Bertz CT molecular complexity index is 975. The van der Waals surface area contributed by atoms with E-state index in [1.165, 1.54) is 0 Å². The zero-order valence-corrected chi connectivity index (χ0v) is 17.4. The first-order valence-corrected chi connectivity index (χ1v) is 10.3. The third-order valence-corrected chi connectivity index (χ3v) is 4.81.